The van der Waals surface area contributed by atoms with E-state index in [1.54, 1.807) is 27.7 Å². The molecule has 3 fully saturated rings. The molecular formula is C36H48O14. The Morgan fingerprint density at radius 3 is 1.94 bits per heavy atom. The Morgan fingerprint density at radius 2 is 1.36 bits per heavy atom. The van der Waals surface area contributed by atoms with E-state index in [0.717, 1.165) is 18.1 Å². The van der Waals surface area contributed by atoms with Crippen LogP contribution in [0, 0.1) is 0 Å². The van der Waals surface area contributed by atoms with Crippen LogP contribution in [0.15, 0.2) is 60.7 Å². The topological polar surface area (TPSA) is 156 Å². The molecule has 276 valence electrons. The lowest BCUT2D eigenvalue weighted by molar-refractivity contribution is -0.323. The number of hydrogen-bond donors (Lipinski definition) is 1. The van der Waals surface area contributed by atoms with Crippen LogP contribution >= 0.6 is 0 Å². The summed E-state index contributed by atoms with van der Waals surface area (Å²) in [6.45, 7) is 8.50. The first kappa shape index (κ1) is 38.2. The summed E-state index contributed by atoms with van der Waals surface area (Å²) < 4.78 is 67.3. The maximum atomic E-state index is 12.8. The van der Waals surface area contributed by atoms with Crippen molar-refractivity contribution in [2.45, 2.75) is 121 Å². The summed E-state index contributed by atoms with van der Waals surface area (Å²) in [6, 6.07) is 19.1. The smallest absolute Gasteiger partial charge is 0.347 e. The van der Waals surface area contributed by atoms with Crippen LogP contribution in [0.2, 0.25) is 0 Å². The summed E-state index contributed by atoms with van der Waals surface area (Å²) in [5.74, 6) is -4.59. The second-order valence-electron chi connectivity index (χ2n) is 13.2. The molecule has 3 heterocycles. The number of hydrogen-bond acceptors (Lipinski definition) is 13. The van der Waals surface area contributed by atoms with Gasteiger partial charge in [0.25, 0.3) is 0 Å². The third-order valence-corrected chi connectivity index (χ3v) is 8.46. The van der Waals surface area contributed by atoms with Crippen LogP contribution in [0.1, 0.15) is 45.7 Å². The third-order valence-electron chi connectivity index (χ3n) is 8.46. The van der Waals surface area contributed by atoms with Crippen LogP contribution in [0.5, 0.6) is 0 Å². The quantitative estimate of drug-likeness (QED) is 0.200. The fourth-order valence-electron chi connectivity index (χ4n) is 6.45. The first-order valence-electron chi connectivity index (χ1n) is 16.6. The summed E-state index contributed by atoms with van der Waals surface area (Å²) >= 11 is 0. The van der Waals surface area contributed by atoms with E-state index >= 15 is 0 Å². The van der Waals surface area contributed by atoms with Gasteiger partial charge in [-0.2, -0.15) is 0 Å². The Morgan fingerprint density at radius 1 is 0.800 bits per heavy atom. The molecule has 1 N–H and O–H groups in total. The lowest BCUT2D eigenvalue weighted by Crippen LogP contribution is -2.62. The number of benzene rings is 2. The fourth-order valence-corrected chi connectivity index (χ4v) is 6.45. The summed E-state index contributed by atoms with van der Waals surface area (Å²) in [6.07, 6.45) is -11.0. The highest BCUT2D eigenvalue weighted by atomic mass is 16.8. The average Bonchev–Trinajstić information content (AvgIpc) is 3.57. The summed E-state index contributed by atoms with van der Waals surface area (Å²) in [5.41, 5.74) is 1.83. The number of carbonyl (C=O) groups is 2. The van der Waals surface area contributed by atoms with Gasteiger partial charge < -0.3 is 57.2 Å². The Labute approximate surface area is 292 Å². The lowest BCUT2D eigenvalue weighted by Gasteiger charge is -2.44. The van der Waals surface area contributed by atoms with Crippen LogP contribution in [0.4, 0.5) is 0 Å². The summed E-state index contributed by atoms with van der Waals surface area (Å²) in [4.78, 5) is 25.1. The molecule has 0 aliphatic carbocycles. The molecule has 50 heavy (non-hydrogen) atoms. The lowest BCUT2D eigenvalue weighted by atomic mass is 9.97. The second-order valence-corrected chi connectivity index (χ2v) is 13.2. The predicted octanol–water partition coefficient (Wildman–Crippen LogP) is 3.57. The monoisotopic (exact) mass is 704 g/mol. The van der Waals surface area contributed by atoms with Gasteiger partial charge in [0, 0.05) is 21.1 Å². The number of methoxy groups -OCH3 is 2. The standard InChI is InChI=1S/C36H48O14/c1-21(37)44-29(32(38)39)26(28-31(33(40-6)41-7)50-36(4,5)49-28)46-34-30(43-19-23-16-12-9-13-17-23)27-25(47-35(2,3)48-27)24(45-34)20-42-18-22-14-10-8-11-15-22/h8-17,24-31,33-34H,18-20H2,1-7H3,(H,38,39)/t24-,25+,26+,27+,28+,29+,30-,31-,34+/m1/s1. The fraction of sp³-hybridized carbons (Fsp3) is 0.611. The van der Waals surface area contributed by atoms with E-state index < -0.39 is 84.9 Å². The highest BCUT2D eigenvalue weighted by molar-refractivity contribution is 5.77. The van der Waals surface area contributed by atoms with Crippen molar-refractivity contribution in [3.63, 3.8) is 0 Å². The van der Waals surface area contributed by atoms with Gasteiger partial charge in [0.05, 0.1) is 19.8 Å². The molecule has 14 heteroatoms. The van der Waals surface area contributed by atoms with Crippen molar-refractivity contribution >= 4 is 11.9 Å². The molecule has 0 aromatic heterocycles. The van der Waals surface area contributed by atoms with Gasteiger partial charge in [-0.15, -0.1) is 0 Å². The van der Waals surface area contributed by atoms with Crippen molar-refractivity contribution in [2.75, 3.05) is 20.8 Å². The highest BCUT2D eigenvalue weighted by Gasteiger charge is 2.59. The number of carboxylic acid groups (broad SMARTS) is 1. The molecule has 0 bridgehead atoms. The van der Waals surface area contributed by atoms with Gasteiger partial charge in [0.2, 0.25) is 6.10 Å². The van der Waals surface area contributed by atoms with Crippen LogP contribution in [-0.4, -0.2) is 111 Å². The molecule has 3 aliphatic rings. The van der Waals surface area contributed by atoms with Crippen molar-refractivity contribution in [1.82, 2.24) is 0 Å². The molecule has 0 amide bonds. The molecule has 5 rings (SSSR count). The van der Waals surface area contributed by atoms with E-state index in [0.29, 0.717) is 6.61 Å². The maximum Gasteiger partial charge on any atom is 0.347 e. The minimum Gasteiger partial charge on any atom is -0.478 e. The van der Waals surface area contributed by atoms with Crippen molar-refractivity contribution in [3.8, 4) is 0 Å². The molecular weight excluding hydrogens is 656 g/mol. The largest absolute Gasteiger partial charge is 0.478 e. The van der Waals surface area contributed by atoms with E-state index in [4.69, 9.17) is 52.1 Å². The van der Waals surface area contributed by atoms with Crippen molar-refractivity contribution in [1.29, 1.82) is 0 Å². The molecule has 3 saturated heterocycles. The van der Waals surface area contributed by atoms with E-state index in [1.807, 2.05) is 60.7 Å². The average molecular weight is 705 g/mol. The number of aliphatic carboxylic acids is 1. The van der Waals surface area contributed by atoms with Crippen molar-refractivity contribution in [3.05, 3.63) is 71.8 Å². The third kappa shape index (κ3) is 9.44. The number of fused-ring (bicyclic) bond motifs is 1. The first-order valence-corrected chi connectivity index (χ1v) is 16.6. The van der Waals surface area contributed by atoms with Gasteiger partial charge in [-0.25, -0.2) is 4.79 Å². The van der Waals surface area contributed by atoms with Gasteiger partial charge >= 0.3 is 11.9 Å². The highest BCUT2D eigenvalue weighted by Crippen LogP contribution is 2.42. The normalized spacial score (nSPS) is 29.7. The Kier molecular flexibility index (Phi) is 12.6. The molecule has 0 unspecified atom stereocenters. The van der Waals surface area contributed by atoms with Crippen molar-refractivity contribution in [2.24, 2.45) is 0 Å². The second kappa shape index (κ2) is 16.5. The summed E-state index contributed by atoms with van der Waals surface area (Å²) in [5, 5.41) is 10.4. The Bertz CT molecular complexity index is 1380. The van der Waals surface area contributed by atoms with Gasteiger partial charge in [0.1, 0.15) is 42.7 Å². The molecule has 0 saturated carbocycles. The number of ether oxygens (including phenoxy) is 11. The molecule has 0 radical (unpaired) electrons. The Hall–Kier alpha value is -3.02. The number of carboxylic acids is 1. The Balaban J connectivity index is 1.51. The zero-order valence-electron chi connectivity index (χ0n) is 29.4. The first-order chi connectivity index (χ1) is 23.8. The molecule has 0 spiro atoms. The molecule has 2 aromatic rings. The van der Waals surface area contributed by atoms with Crippen molar-refractivity contribution < 1.29 is 66.8 Å². The SMILES string of the molecule is COC(OC)[C@@H]1OC(C)(C)O[C@H]1[C@H](O[C@@H]1O[C@H](COCc2ccccc2)[C@@H]2OC(C)(C)O[C@@H]2[C@H]1OCc1ccccc1)[C@H](OC(C)=O)C(=O)O. The van der Waals surface area contributed by atoms with Gasteiger partial charge in [-0.3, -0.25) is 4.79 Å². The molecule has 9 atom stereocenters. The number of rotatable bonds is 16. The summed E-state index contributed by atoms with van der Waals surface area (Å²) in [7, 11) is 2.82. The van der Waals surface area contributed by atoms with Crippen LogP contribution in [-0.2, 0) is 74.9 Å². The minimum absolute atomic E-state index is 0.0753. The van der Waals surface area contributed by atoms with Crippen LogP contribution in [0.25, 0.3) is 0 Å². The van der Waals surface area contributed by atoms with Gasteiger partial charge in [-0.1, -0.05) is 60.7 Å². The van der Waals surface area contributed by atoms with E-state index in [1.165, 1.54) is 14.2 Å². The van der Waals surface area contributed by atoms with E-state index in [-0.39, 0.29) is 13.2 Å². The maximum absolute atomic E-state index is 12.8. The van der Waals surface area contributed by atoms with Gasteiger partial charge in [0.15, 0.2) is 24.2 Å². The number of esters is 1. The zero-order chi connectivity index (χ0) is 36.1. The van der Waals surface area contributed by atoms with E-state index in [2.05, 4.69) is 0 Å². The number of carbonyl (C=O) groups excluding carboxylic acids is 1. The zero-order valence-corrected chi connectivity index (χ0v) is 29.4. The predicted molar refractivity (Wildman–Crippen MR) is 173 cm³/mol. The van der Waals surface area contributed by atoms with Crippen LogP contribution < -0.4 is 0 Å². The minimum atomic E-state index is -1.87. The molecule has 3 aliphatic heterocycles. The van der Waals surface area contributed by atoms with Gasteiger partial charge in [-0.05, 0) is 38.8 Å². The van der Waals surface area contributed by atoms with Crippen LogP contribution in [0.3, 0.4) is 0 Å². The molecule has 14 nitrogen and oxygen atoms in total. The molecule has 2 aromatic carbocycles. The van der Waals surface area contributed by atoms with E-state index in [9.17, 15) is 14.7 Å².